The van der Waals surface area contributed by atoms with E-state index in [2.05, 4.69) is 6.92 Å². The summed E-state index contributed by atoms with van der Waals surface area (Å²) in [7, 11) is 0. The van der Waals surface area contributed by atoms with Crippen molar-refractivity contribution in [2.75, 3.05) is 0 Å². The minimum absolute atomic E-state index is 0.110. The molecular weight excluding hydrogens is 228 g/mol. The van der Waals surface area contributed by atoms with Crippen molar-refractivity contribution in [3.05, 3.63) is 22.3 Å². The van der Waals surface area contributed by atoms with E-state index in [-0.39, 0.29) is 17.9 Å². The molecule has 3 rings (SSSR count). The molecule has 2 aliphatic carbocycles. The summed E-state index contributed by atoms with van der Waals surface area (Å²) in [6, 6.07) is 0. The highest BCUT2D eigenvalue weighted by Gasteiger charge is 2.44. The van der Waals surface area contributed by atoms with Gasteiger partial charge in [0, 0.05) is 17.6 Å². The van der Waals surface area contributed by atoms with Crippen LogP contribution in [-0.4, -0.2) is 17.9 Å². The van der Waals surface area contributed by atoms with Crippen LogP contribution in [0.25, 0.3) is 0 Å². The van der Waals surface area contributed by atoms with Gasteiger partial charge in [0.25, 0.3) is 0 Å². The van der Waals surface area contributed by atoms with E-state index in [1.54, 1.807) is 0 Å². The van der Waals surface area contributed by atoms with Crippen LogP contribution in [0.1, 0.15) is 40.0 Å². The number of ether oxygens (including phenoxy) is 1. The molecular formula is C15H18O3. The van der Waals surface area contributed by atoms with Gasteiger partial charge < -0.3 is 4.74 Å². The Morgan fingerprint density at radius 3 is 2.50 bits per heavy atom. The van der Waals surface area contributed by atoms with Crippen molar-refractivity contribution >= 4 is 11.8 Å². The molecule has 0 aromatic heterocycles. The van der Waals surface area contributed by atoms with E-state index in [1.165, 1.54) is 0 Å². The summed E-state index contributed by atoms with van der Waals surface area (Å²) >= 11 is 0. The lowest BCUT2D eigenvalue weighted by Crippen LogP contribution is -2.11. The zero-order valence-corrected chi connectivity index (χ0v) is 11.1. The quantitative estimate of drug-likeness (QED) is 0.617. The number of carbonyl (C=O) groups is 2. The molecule has 0 N–H and O–H groups in total. The van der Waals surface area contributed by atoms with E-state index in [9.17, 15) is 9.59 Å². The molecule has 1 aliphatic heterocycles. The van der Waals surface area contributed by atoms with Gasteiger partial charge in [-0.2, -0.15) is 0 Å². The lowest BCUT2D eigenvalue weighted by Gasteiger charge is -2.19. The second-order valence-corrected chi connectivity index (χ2v) is 5.76. The average molecular weight is 246 g/mol. The summed E-state index contributed by atoms with van der Waals surface area (Å²) in [5, 5.41) is 0. The lowest BCUT2D eigenvalue weighted by molar-refractivity contribution is -0.139. The van der Waals surface area contributed by atoms with Gasteiger partial charge in [-0.05, 0) is 49.7 Å². The van der Waals surface area contributed by atoms with E-state index in [0.29, 0.717) is 23.8 Å². The Balaban J connectivity index is 2.19. The van der Waals surface area contributed by atoms with Gasteiger partial charge in [-0.3, -0.25) is 4.79 Å². The molecule has 0 aromatic rings. The van der Waals surface area contributed by atoms with Crippen molar-refractivity contribution in [1.29, 1.82) is 0 Å². The van der Waals surface area contributed by atoms with Crippen molar-refractivity contribution in [3.8, 4) is 0 Å². The number of rotatable bonds is 0. The second kappa shape index (κ2) is 3.81. The monoisotopic (exact) mass is 246 g/mol. The van der Waals surface area contributed by atoms with Crippen LogP contribution in [-0.2, 0) is 14.3 Å². The van der Waals surface area contributed by atoms with E-state index >= 15 is 0 Å². The number of allylic oxidation sites excluding steroid dienone is 1. The maximum absolute atomic E-state index is 12.0. The first-order valence-corrected chi connectivity index (χ1v) is 6.66. The number of hydrogen-bond donors (Lipinski definition) is 0. The molecule has 3 unspecified atom stereocenters. The van der Waals surface area contributed by atoms with Gasteiger partial charge >= 0.3 is 5.97 Å². The maximum Gasteiger partial charge on any atom is 0.334 e. The molecule has 3 aliphatic rings. The highest BCUT2D eigenvalue weighted by atomic mass is 16.5. The summed E-state index contributed by atoms with van der Waals surface area (Å²) in [6.45, 7) is 5.93. The average Bonchev–Trinajstić information content (AvgIpc) is 2.71. The smallest absolute Gasteiger partial charge is 0.334 e. The SMILES string of the molecule is CC1=C2C3=C(C)C(=O)CC3C(C)CCC2OC1=O. The number of Topliss-reactive ketones (excluding diaryl/α,β-unsaturated/α-hetero) is 1. The highest BCUT2D eigenvalue weighted by Crippen LogP contribution is 2.48. The van der Waals surface area contributed by atoms with Crippen molar-refractivity contribution in [3.63, 3.8) is 0 Å². The molecule has 0 saturated heterocycles. The third-order valence-electron chi connectivity index (χ3n) is 4.74. The Kier molecular flexibility index (Phi) is 2.47. The summed E-state index contributed by atoms with van der Waals surface area (Å²) in [5.41, 5.74) is 3.71. The predicted octanol–water partition coefficient (Wildman–Crippen LogP) is 2.56. The standard InChI is InChI=1S/C15H18O3/c1-7-4-5-12-14(9(3)15(17)18-12)13-8(2)11(16)6-10(7)13/h7,10,12H,4-6H2,1-3H3. The molecule has 1 fully saturated rings. The third kappa shape index (κ3) is 1.43. The van der Waals surface area contributed by atoms with E-state index < -0.39 is 0 Å². The molecule has 3 atom stereocenters. The summed E-state index contributed by atoms with van der Waals surface area (Å²) in [6.07, 6.45) is 2.41. The van der Waals surface area contributed by atoms with E-state index in [1.807, 2.05) is 13.8 Å². The Hall–Kier alpha value is -1.38. The van der Waals surface area contributed by atoms with Crippen LogP contribution in [0, 0.1) is 11.8 Å². The molecule has 3 nitrogen and oxygen atoms in total. The Morgan fingerprint density at radius 2 is 1.78 bits per heavy atom. The molecule has 0 amide bonds. The van der Waals surface area contributed by atoms with Crippen LogP contribution in [0.3, 0.4) is 0 Å². The molecule has 1 heterocycles. The predicted molar refractivity (Wildman–Crippen MR) is 66.8 cm³/mol. The van der Waals surface area contributed by atoms with Crippen LogP contribution < -0.4 is 0 Å². The maximum atomic E-state index is 12.0. The van der Waals surface area contributed by atoms with Crippen LogP contribution >= 0.6 is 0 Å². The first-order chi connectivity index (χ1) is 8.50. The van der Waals surface area contributed by atoms with Gasteiger partial charge in [0.1, 0.15) is 6.10 Å². The number of hydrogen-bond acceptors (Lipinski definition) is 3. The van der Waals surface area contributed by atoms with Crippen LogP contribution in [0.5, 0.6) is 0 Å². The largest absolute Gasteiger partial charge is 0.454 e. The fraction of sp³-hybridized carbons (Fsp3) is 0.600. The summed E-state index contributed by atoms with van der Waals surface area (Å²) < 4.78 is 5.44. The van der Waals surface area contributed by atoms with Crippen LogP contribution in [0.4, 0.5) is 0 Å². The molecule has 0 spiro atoms. The van der Waals surface area contributed by atoms with Crippen molar-refractivity contribution in [2.45, 2.75) is 46.1 Å². The number of esters is 1. The van der Waals surface area contributed by atoms with Crippen molar-refractivity contribution in [1.82, 2.24) is 0 Å². The van der Waals surface area contributed by atoms with Crippen molar-refractivity contribution in [2.24, 2.45) is 11.8 Å². The summed E-state index contributed by atoms with van der Waals surface area (Å²) in [4.78, 5) is 23.7. The highest BCUT2D eigenvalue weighted by molar-refractivity contribution is 6.01. The normalized spacial score (nSPS) is 35.6. The first-order valence-electron chi connectivity index (χ1n) is 6.66. The third-order valence-corrected chi connectivity index (χ3v) is 4.74. The zero-order valence-electron chi connectivity index (χ0n) is 11.1. The van der Waals surface area contributed by atoms with Crippen LogP contribution in [0.2, 0.25) is 0 Å². The minimum atomic E-state index is -0.206. The molecule has 3 heteroatoms. The van der Waals surface area contributed by atoms with E-state index in [0.717, 1.165) is 29.6 Å². The summed E-state index contributed by atoms with van der Waals surface area (Å²) in [5.74, 6) is 0.818. The molecule has 0 aromatic carbocycles. The van der Waals surface area contributed by atoms with Gasteiger partial charge in [-0.25, -0.2) is 4.79 Å². The number of ketones is 1. The molecule has 0 radical (unpaired) electrons. The molecule has 96 valence electrons. The van der Waals surface area contributed by atoms with Gasteiger partial charge in [-0.15, -0.1) is 0 Å². The fourth-order valence-corrected chi connectivity index (χ4v) is 3.59. The minimum Gasteiger partial charge on any atom is -0.454 e. The van der Waals surface area contributed by atoms with E-state index in [4.69, 9.17) is 4.74 Å². The second-order valence-electron chi connectivity index (χ2n) is 5.76. The molecule has 0 bridgehead atoms. The van der Waals surface area contributed by atoms with Crippen molar-refractivity contribution < 1.29 is 14.3 Å². The first kappa shape index (κ1) is 11.7. The van der Waals surface area contributed by atoms with Crippen LogP contribution in [0.15, 0.2) is 22.3 Å². The Labute approximate surface area is 107 Å². The fourth-order valence-electron chi connectivity index (χ4n) is 3.59. The Morgan fingerprint density at radius 1 is 1.06 bits per heavy atom. The van der Waals surface area contributed by atoms with Gasteiger partial charge in [0.2, 0.25) is 0 Å². The van der Waals surface area contributed by atoms with Gasteiger partial charge in [0.05, 0.1) is 0 Å². The topological polar surface area (TPSA) is 43.4 Å². The van der Waals surface area contributed by atoms with Gasteiger partial charge in [0.15, 0.2) is 5.78 Å². The van der Waals surface area contributed by atoms with Gasteiger partial charge in [-0.1, -0.05) is 6.92 Å². The Bertz CT molecular complexity index is 510. The molecule has 1 saturated carbocycles. The number of fused-ring (bicyclic) bond motifs is 3. The molecule has 18 heavy (non-hydrogen) atoms. The number of carbonyl (C=O) groups excluding carboxylic acids is 2. The lowest BCUT2D eigenvalue weighted by atomic mass is 9.84. The zero-order chi connectivity index (χ0) is 13.0.